The summed E-state index contributed by atoms with van der Waals surface area (Å²) in [7, 11) is 0. The Morgan fingerprint density at radius 2 is 2.00 bits per heavy atom. The zero-order valence-electron chi connectivity index (χ0n) is 13.8. The molecule has 5 nitrogen and oxygen atoms in total. The van der Waals surface area contributed by atoms with E-state index < -0.39 is 11.6 Å². The maximum atomic E-state index is 14.4. The minimum Gasteiger partial charge on any atom is -0.327 e. The molecule has 0 bridgehead atoms. The van der Waals surface area contributed by atoms with Crippen LogP contribution in [-0.4, -0.2) is 24.1 Å². The first-order valence-electron chi connectivity index (χ1n) is 8.04. The first-order valence-corrected chi connectivity index (χ1v) is 8.42. The van der Waals surface area contributed by atoms with Crippen LogP contribution in [0.25, 0.3) is 22.4 Å². The molecule has 8 heteroatoms. The number of fused-ring (bicyclic) bond motifs is 1. The second kappa shape index (κ2) is 6.49. The number of hydrogen-bond donors (Lipinski definition) is 0. The Labute approximate surface area is 152 Å². The summed E-state index contributed by atoms with van der Waals surface area (Å²) in [5, 5.41) is -0.150. The van der Waals surface area contributed by atoms with Gasteiger partial charge in [0.25, 0.3) is 0 Å². The molecule has 0 N–H and O–H groups in total. The second-order valence-corrected chi connectivity index (χ2v) is 6.14. The molecule has 132 valence electrons. The van der Waals surface area contributed by atoms with E-state index in [-0.39, 0.29) is 16.4 Å². The molecule has 1 aromatic carbocycles. The number of rotatable bonds is 4. The van der Waals surface area contributed by atoms with Gasteiger partial charge in [0.2, 0.25) is 0 Å². The van der Waals surface area contributed by atoms with Crippen molar-refractivity contribution in [2.45, 2.75) is 20.0 Å². The zero-order chi connectivity index (χ0) is 18.3. The van der Waals surface area contributed by atoms with Gasteiger partial charge < -0.3 is 9.13 Å². The number of aryl methyl sites for hydroxylation is 1. The summed E-state index contributed by atoms with van der Waals surface area (Å²) in [6.07, 6.45) is 6.55. The Morgan fingerprint density at radius 1 is 1.15 bits per heavy atom. The number of pyridine rings is 1. The van der Waals surface area contributed by atoms with Gasteiger partial charge in [-0.05, 0) is 25.1 Å². The fourth-order valence-electron chi connectivity index (χ4n) is 3.05. The lowest BCUT2D eigenvalue weighted by Gasteiger charge is -2.11. The number of hydrogen-bond acceptors (Lipinski definition) is 3. The van der Waals surface area contributed by atoms with E-state index in [9.17, 15) is 8.78 Å². The first kappa shape index (κ1) is 16.7. The molecule has 0 fully saturated rings. The van der Waals surface area contributed by atoms with Gasteiger partial charge >= 0.3 is 0 Å². The smallest absolute Gasteiger partial charge is 0.155 e. The lowest BCUT2D eigenvalue weighted by atomic mass is 10.2. The average Bonchev–Trinajstić information content (AvgIpc) is 3.23. The number of nitrogens with zero attached hydrogens (tertiary/aromatic N) is 5. The van der Waals surface area contributed by atoms with Gasteiger partial charge in [0.05, 0.1) is 28.8 Å². The number of imidazole rings is 2. The summed E-state index contributed by atoms with van der Waals surface area (Å²) in [4.78, 5) is 12.8. The van der Waals surface area contributed by atoms with Gasteiger partial charge in [-0.2, -0.15) is 0 Å². The topological polar surface area (TPSA) is 48.5 Å². The molecule has 4 rings (SSSR count). The third-order valence-electron chi connectivity index (χ3n) is 4.24. The molecular formula is C18H14ClF2N5. The van der Waals surface area contributed by atoms with E-state index in [0.717, 1.165) is 22.9 Å². The molecule has 0 atom stereocenters. The van der Waals surface area contributed by atoms with Gasteiger partial charge in [-0.25, -0.2) is 18.7 Å². The van der Waals surface area contributed by atoms with Gasteiger partial charge in [-0.3, -0.25) is 4.98 Å². The summed E-state index contributed by atoms with van der Waals surface area (Å²) in [6, 6.07) is 4.21. The monoisotopic (exact) mass is 373 g/mol. The van der Waals surface area contributed by atoms with Crippen molar-refractivity contribution < 1.29 is 8.78 Å². The Hall–Kier alpha value is -2.80. The van der Waals surface area contributed by atoms with Crippen LogP contribution in [0.3, 0.4) is 0 Å². The highest BCUT2D eigenvalue weighted by Crippen LogP contribution is 2.30. The Bertz CT molecular complexity index is 1100. The van der Waals surface area contributed by atoms with Crippen LogP contribution in [0.1, 0.15) is 12.7 Å². The zero-order valence-corrected chi connectivity index (χ0v) is 14.6. The lowest BCUT2D eigenvalue weighted by Crippen LogP contribution is -2.09. The van der Waals surface area contributed by atoms with Gasteiger partial charge in [0.15, 0.2) is 5.82 Å². The van der Waals surface area contributed by atoms with Crippen molar-refractivity contribution in [3.63, 3.8) is 0 Å². The Kier molecular flexibility index (Phi) is 4.16. The van der Waals surface area contributed by atoms with Gasteiger partial charge in [0.1, 0.15) is 23.0 Å². The summed E-state index contributed by atoms with van der Waals surface area (Å²) in [6.45, 7) is 3.03. The summed E-state index contributed by atoms with van der Waals surface area (Å²) in [5.41, 5.74) is 1.48. The molecule has 0 aliphatic rings. The summed E-state index contributed by atoms with van der Waals surface area (Å²) < 4.78 is 32.3. The van der Waals surface area contributed by atoms with E-state index in [1.54, 1.807) is 23.2 Å². The molecule has 0 saturated heterocycles. The molecule has 0 radical (unpaired) electrons. The van der Waals surface area contributed by atoms with E-state index in [1.165, 1.54) is 12.3 Å². The van der Waals surface area contributed by atoms with Gasteiger partial charge in [-0.15, -0.1) is 0 Å². The van der Waals surface area contributed by atoms with E-state index in [1.807, 2.05) is 17.6 Å². The van der Waals surface area contributed by atoms with E-state index in [0.29, 0.717) is 13.1 Å². The van der Waals surface area contributed by atoms with Gasteiger partial charge in [0, 0.05) is 25.1 Å². The quantitative estimate of drug-likeness (QED) is 0.501. The minimum atomic E-state index is -0.827. The van der Waals surface area contributed by atoms with Crippen LogP contribution in [0.5, 0.6) is 0 Å². The standard InChI is InChI=1S/C18H14ClF2N5/c1-2-26-14-5-6-22-9-13(14)24-15(26)10-25-8-7-23-18(25)16-12(20)4-3-11(19)17(16)21/h3-9H,2,10H2,1H3. The van der Waals surface area contributed by atoms with Crippen molar-refractivity contribution in [2.24, 2.45) is 0 Å². The van der Waals surface area contributed by atoms with Crippen LogP contribution in [0.15, 0.2) is 43.0 Å². The third-order valence-corrected chi connectivity index (χ3v) is 4.53. The molecule has 0 aliphatic carbocycles. The van der Waals surface area contributed by atoms with Crippen LogP contribution in [0.4, 0.5) is 8.78 Å². The first-order chi connectivity index (χ1) is 12.6. The number of halogens is 3. The predicted octanol–water partition coefficient (Wildman–Crippen LogP) is 4.29. The molecule has 26 heavy (non-hydrogen) atoms. The maximum absolute atomic E-state index is 14.4. The van der Waals surface area contributed by atoms with Crippen LogP contribution < -0.4 is 0 Å². The molecular weight excluding hydrogens is 360 g/mol. The van der Waals surface area contributed by atoms with Crippen molar-refractivity contribution in [2.75, 3.05) is 0 Å². The van der Waals surface area contributed by atoms with Crippen molar-refractivity contribution in [3.8, 4) is 11.4 Å². The van der Waals surface area contributed by atoms with Crippen molar-refractivity contribution in [1.82, 2.24) is 24.1 Å². The predicted molar refractivity (Wildman–Crippen MR) is 94.9 cm³/mol. The van der Waals surface area contributed by atoms with E-state index in [4.69, 9.17) is 11.6 Å². The molecule has 4 aromatic rings. The normalized spacial score (nSPS) is 11.4. The molecule has 0 spiro atoms. The fraction of sp³-hybridized carbons (Fsp3) is 0.167. The Balaban J connectivity index is 1.82. The second-order valence-electron chi connectivity index (χ2n) is 5.73. The highest BCUT2D eigenvalue weighted by Gasteiger charge is 2.20. The highest BCUT2D eigenvalue weighted by atomic mass is 35.5. The number of aromatic nitrogens is 5. The van der Waals surface area contributed by atoms with Crippen LogP contribution in [-0.2, 0) is 13.1 Å². The minimum absolute atomic E-state index is 0.150. The lowest BCUT2D eigenvalue weighted by molar-refractivity contribution is 0.583. The van der Waals surface area contributed by atoms with Crippen molar-refractivity contribution >= 4 is 22.6 Å². The molecule has 3 heterocycles. The maximum Gasteiger partial charge on any atom is 0.155 e. The average molecular weight is 374 g/mol. The molecule has 0 unspecified atom stereocenters. The largest absolute Gasteiger partial charge is 0.327 e. The van der Waals surface area contributed by atoms with Crippen molar-refractivity contribution in [1.29, 1.82) is 0 Å². The highest BCUT2D eigenvalue weighted by molar-refractivity contribution is 6.31. The SMILES string of the molecule is CCn1c(Cn2ccnc2-c2c(F)ccc(Cl)c2F)nc2cnccc21. The summed E-state index contributed by atoms with van der Waals surface area (Å²) in [5.74, 6) is -0.632. The third kappa shape index (κ3) is 2.64. The molecule has 0 saturated carbocycles. The van der Waals surface area contributed by atoms with Crippen LogP contribution in [0, 0.1) is 11.6 Å². The Morgan fingerprint density at radius 3 is 2.81 bits per heavy atom. The van der Waals surface area contributed by atoms with E-state index >= 15 is 0 Å². The van der Waals surface area contributed by atoms with Crippen LogP contribution >= 0.6 is 11.6 Å². The van der Waals surface area contributed by atoms with Gasteiger partial charge in [-0.1, -0.05) is 11.6 Å². The molecule has 0 aliphatic heterocycles. The fourth-order valence-corrected chi connectivity index (χ4v) is 3.21. The summed E-state index contributed by atoms with van der Waals surface area (Å²) >= 11 is 5.81. The molecule has 0 amide bonds. The van der Waals surface area contributed by atoms with Crippen LogP contribution in [0.2, 0.25) is 5.02 Å². The number of benzene rings is 1. The van der Waals surface area contributed by atoms with Crippen molar-refractivity contribution in [3.05, 3.63) is 65.5 Å². The van der Waals surface area contributed by atoms with E-state index in [2.05, 4.69) is 15.0 Å². The molecule has 3 aromatic heterocycles.